The third-order valence-electron chi connectivity index (χ3n) is 3.94. The van der Waals surface area contributed by atoms with Crippen molar-refractivity contribution in [1.29, 1.82) is 0 Å². The Kier molecular flexibility index (Phi) is 16.8. The summed E-state index contributed by atoms with van der Waals surface area (Å²) in [5.74, 6) is 0. The summed E-state index contributed by atoms with van der Waals surface area (Å²) in [6.45, 7) is 6.64. The third-order valence-corrected chi connectivity index (χ3v) is 9.35. The van der Waals surface area contributed by atoms with Crippen LogP contribution < -0.4 is 0 Å². The number of hydrogen-bond donors (Lipinski definition) is 0. The Morgan fingerprint density at radius 1 is 0.852 bits per heavy atom. The zero-order valence-electron chi connectivity index (χ0n) is 16.2. The number of hydrogen-bond acceptors (Lipinski definition) is 1. The number of benzene rings is 1. The molecule has 27 heavy (non-hydrogen) atoms. The standard InChI is InChI=1S/C12H27NP.C6H2Cl3N.2ClH.V/c1-4-7-10-14(13,11-8-5-2)12-9-6-3;7-3-1-4(8)6(10)5(9)2-3;;;/h4-12H2,1-3H3;1-2H;2*1H;/q-1;;;;+2/p-2. The topological polar surface area (TPSA) is 34.7 Å². The van der Waals surface area contributed by atoms with Crippen LogP contribution in [0.2, 0.25) is 15.1 Å². The van der Waals surface area contributed by atoms with Crippen molar-refractivity contribution in [1.82, 2.24) is 0 Å². The molecule has 0 fully saturated rings. The summed E-state index contributed by atoms with van der Waals surface area (Å²) in [6.07, 6.45) is 10.7. The summed E-state index contributed by atoms with van der Waals surface area (Å²) in [6, 6.07) is 3.08. The van der Waals surface area contributed by atoms with Gasteiger partial charge in [-0.25, -0.2) is 7.05 Å². The Morgan fingerprint density at radius 3 is 1.52 bits per heavy atom. The van der Waals surface area contributed by atoms with Gasteiger partial charge in [0, 0.05) is 0 Å². The van der Waals surface area contributed by atoms with E-state index in [1.54, 1.807) is 12.1 Å². The zero-order chi connectivity index (χ0) is 20.9. The van der Waals surface area contributed by atoms with E-state index in [4.69, 9.17) is 54.5 Å². The summed E-state index contributed by atoms with van der Waals surface area (Å²) >= 11 is 15.2. The second-order valence-corrected chi connectivity index (χ2v) is 15.5. The van der Waals surface area contributed by atoms with Gasteiger partial charge < -0.3 is 5.16 Å². The normalized spacial score (nSPS) is 11.0. The Morgan fingerprint density at radius 2 is 1.22 bits per heavy atom. The van der Waals surface area contributed by atoms with Crippen LogP contribution >= 0.6 is 61.6 Å². The minimum atomic E-state index is -2.17. The first-order valence-corrected chi connectivity index (χ1v) is 17.2. The van der Waals surface area contributed by atoms with E-state index in [-0.39, 0.29) is 0 Å². The molecule has 0 spiro atoms. The summed E-state index contributed by atoms with van der Waals surface area (Å²) in [5, 5.41) is 11.7. The molecule has 0 saturated carbocycles. The van der Waals surface area contributed by atoms with Crippen LogP contribution in [0.15, 0.2) is 15.9 Å². The first-order chi connectivity index (χ1) is 12.7. The van der Waals surface area contributed by atoms with Crippen molar-refractivity contribution in [3.63, 3.8) is 0 Å². The Balaban J connectivity index is 0.000000501. The van der Waals surface area contributed by atoms with Crippen molar-refractivity contribution in [2.45, 2.75) is 59.3 Å². The first kappa shape index (κ1) is 28.3. The first-order valence-electron chi connectivity index (χ1n) is 9.25. The van der Waals surface area contributed by atoms with Gasteiger partial charge in [0.2, 0.25) is 0 Å². The van der Waals surface area contributed by atoms with Gasteiger partial charge in [-0.05, 0) is 0 Å². The summed E-state index contributed by atoms with van der Waals surface area (Å²) in [4.78, 5) is 0. The van der Waals surface area contributed by atoms with Gasteiger partial charge in [0.25, 0.3) is 0 Å². The van der Waals surface area contributed by atoms with E-state index in [0.717, 1.165) is 18.5 Å². The van der Waals surface area contributed by atoms with Gasteiger partial charge in [-0.3, -0.25) is 0 Å². The molecule has 0 radical (unpaired) electrons. The van der Waals surface area contributed by atoms with Crippen molar-refractivity contribution in [3.05, 3.63) is 32.4 Å². The van der Waals surface area contributed by atoms with Crippen molar-refractivity contribution in [3.8, 4) is 0 Å². The van der Waals surface area contributed by atoms with Crippen LogP contribution in [0.3, 0.4) is 0 Å². The number of halogens is 5. The Labute approximate surface area is 193 Å². The molecule has 0 aromatic heterocycles. The predicted octanol–water partition coefficient (Wildman–Crippen LogP) is 10.5. The van der Waals surface area contributed by atoms with Gasteiger partial charge in [0.15, 0.2) is 0 Å². The average Bonchev–Trinajstić information content (AvgIpc) is 2.60. The summed E-state index contributed by atoms with van der Waals surface area (Å²) in [5.41, 5.74) is 0.415. The molecule has 1 aromatic carbocycles. The van der Waals surface area contributed by atoms with Gasteiger partial charge in [-0.2, -0.15) is 0 Å². The predicted molar refractivity (Wildman–Crippen MR) is 125 cm³/mol. The molecule has 1 aromatic rings. The van der Waals surface area contributed by atoms with Gasteiger partial charge in [-0.15, -0.1) is 0 Å². The molecule has 157 valence electrons. The van der Waals surface area contributed by atoms with E-state index in [0.29, 0.717) is 20.8 Å². The fraction of sp³-hybridized carbons (Fsp3) is 0.667. The molecule has 0 aliphatic carbocycles. The van der Waals surface area contributed by atoms with Crippen LogP contribution in [0, 0.1) is 0 Å². The quantitative estimate of drug-likeness (QED) is 0.269. The number of rotatable bonds is 10. The van der Waals surface area contributed by atoms with Crippen LogP contribution in [-0.2, 0) is 13.1 Å². The molecule has 0 unspecified atom stereocenters. The molecule has 0 bridgehead atoms. The van der Waals surface area contributed by atoms with Gasteiger partial charge >= 0.3 is 104 Å². The molecular weight excluding hydrogens is 503 g/mol. The Bertz CT molecular complexity index is 585. The fourth-order valence-electron chi connectivity index (χ4n) is 2.40. The van der Waals surface area contributed by atoms with Crippen molar-refractivity contribution in [2.75, 3.05) is 18.5 Å². The molecule has 0 heterocycles. The molecule has 0 saturated heterocycles. The van der Waals surface area contributed by atoms with E-state index in [9.17, 15) is 5.16 Å². The van der Waals surface area contributed by atoms with Crippen molar-refractivity contribution < 1.29 is 13.1 Å². The summed E-state index contributed by atoms with van der Waals surface area (Å²) < 4.78 is 3.95. The van der Waals surface area contributed by atoms with Gasteiger partial charge in [0.05, 0.1) is 0 Å². The number of nitrogens with zero attached hydrogens (tertiary/aromatic N) is 2. The van der Waals surface area contributed by atoms with E-state index in [1.807, 2.05) is 0 Å². The van der Waals surface area contributed by atoms with E-state index in [2.05, 4.69) is 24.6 Å². The fourth-order valence-corrected chi connectivity index (χ4v) is 8.07. The van der Waals surface area contributed by atoms with Gasteiger partial charge in [0.1, 0.15) is 0 Å². The van der Waals surface area contributed by atoms with Crippen LogP contribution in [0.5, 0.6) is 0 Å². The number of unbranched alkanes of at least 4 members (excludes halogenated alkanes) is 3. The molecule has 0 N–H and O–H groups in total. The second-order valence-electron chi connectivity index (χ2n) is 6.36. The molecule has 9 heteroatoms. The molecular formula is C18H29Cl5N2PV-. The second kappa shape index (κ2) is 16.0. The monoisotopic (exact) mass is 530 g/mol. The summed E-state index contributed by atoms with van der Waals surface area (Å²) in [7, 11) is 9.66. The molecule has 1 rings (SSSR count). The van der Waals surface area contributed by atoms with E-state index < -0.39 is 20.1 Å². The van der Waals surface area contributed by atoms with Crippen molar-refractivity contribution in [2.24, 2.45) is 3.79 Å². The van der Waals surface area contributed by atoms with Gasteiger partial charge in [-0.1, -0.05) is 77.8 Å². The maximum absolute atomic E-state index is 10.5. The van der Waals surface area contributed by atoms with Crippen LogP contribution in [0.25, 0.3) is 5.16 Å². The van der Waals surface area contributed by atoms with Crippen LogP contribution in [0.1, 0.15) is 59.3 Å². The van der Waals surface area contributed by atoms with Crippen LogP contribution in [-0.4, -0.2) is 18.5 Å². The zero-order valence-corrected chi connectivity index (χ0v) is 22.3. The minimum absolute atomic E-state index is 0.359. The SMILES string of the molecule is CCCCP(=[N-])(CCCC)CCCC.Clc1cc(Cl)c([N]=[V]([Cl])[Cl])c(Cl)c1. The third kappa shape index (κ3) is 13.2. The van der Waals surface area contributed by atoms with Crippen molar-refractivity contribution >= 4 is 67.2 Å². The average molecular weight is 533 g/mol. The molecule has 2 nitrogen and oxygen atoms in total. The van der Waals surface area contributed by atoms with Crippen LogP contribution in [0.4, 0.5) is 5.69 Å². The molecule has 0 aliphatic rings. The van der Waals surface area contributed by atoms with E-state index in [1.165, 1.54) is 38.5 Å². The molecule has 0 atom stereocenters. The van der Waals surface area contributed by atoms with E-state index >= 15 is 0 Å². The molecule has 0 amide bonds. The Hall–Kier alpha value is 1.28. The maximum atomic E-state index is 10.5. The molecule has 0 aliphatic heterocycles.